The van der Waals surface area contributed by atoms with Crippen LogP contribution in [0.25, 0.3) is 15.9 Å². The van der Waals surface area contributed by atoms with Gasteiger partial charge in [-0.3, -0.25) is 0 Å². The van der Waals surface area contributed by atoms with E-state index >= 15 is 0 Å². The maximum absolute atomic E-state index is 9.78. The first kappa shape index (κ1) is 19.0. The Morgan fingerprint density at radius 2 is 1.79 bits per heavy atom. The standard InChI is InChI=1S/C23H18ClN3O2/c1-25-18-9-7-16(8-10-18)13-27-21-12-22(29-15-17-5-3-2-4-6-17)19(24)11-20(21)26-23(27)14-28/h2-12,28H,13-15H2. The van der Waals surface area contributed by atoms with Gasteiger partial charge in [0.25, 0.3) is 0 Å². The molecule has 1 N–H and O–H groups in total. The van der Waals surface area contributed by atoms with Crippen LogP contribution in [0.2, 0.25) is 5.02 Å². The minimum absolute atomic E-state index is 0.188. The molecule has 0 saturated heterocycles. The van der Waals surface area contributed by atoms with Crippen molar-refractivity contribution in [2.75, 3.05) is 0 Å². The smallest absolute Gasteiger partial charge is 0.187 e. The maximum atomic E-state index is 9.78. The molecule has 5 nitrogen and oxygen atoms in total. The van der Waals surface area contributed by atoms with Crippen molar-refractivity contribution in [2.24, 2.45) is 0 Å². The predicted molar refractivity (Wildman–Crippen MR) is 113 cm³/mol. The zero-order valence-corrected chi connectivity index (χ0v) is 16.3. The van der Waals surface area contributed by atoms with E-state index in [1.807, 2.05) is 53.1 Å². The molecule has 0 bridgehead atoms. The Balaban J connectivity index is 1.68. The van der Waals surface area contributed by atoms with Crippen molar-refractivity contribution in [3.8, 4) is 5.75 Å². The lowest BCUT2D eigenvalue weighted by atomic mass is 10.2. The van der Waals surface area contributed by atoms with Crippen LogP contribution >= 0.6 is 11.6 Å². The van der Waals surface area contributed by atoms with Gasteiger partial charge < -0.3 is 14.4 Å². The van der Waals surface area contributed by atoms with Crippen LogP contribution in [0.1, 0.15) is 17.0 Å². The predicted octanol–water partition coefficient (Wildman–Crippen LogP) is 5.36. The molecule has 0 unspecified atom stereocenters. The number of halogens is 1. The highest BCUT2D eigenvalue weighted by atomic mass is 35.5. The van der Waals surface area contributed by atoms with Crippen molar-refractivity contribution in [3.05, 3.63) is 100 Å². The molecule has 6 heteroatoms. The van der Waals surface area contributed by atoms with E-state index in [4.69, 9.17) is 22.9 Å². The topological polar surface area (TPSA) is 51.6 Å². The molecular weight excluding hydrogens is 386 g/mol. The Hall–Kier alpha value is -3.33. The third-order valence-corrected chi connectivity index (χ3v) is 4.96. The Morgan fingerprint density at radius 3 is 2.48 bits per heavy atom. The van der Waals surface area contributed by atoms with Gasteiger partial charge in [-0.05, 0) is 17.2 Å². The van der Waals surface area contributed by atoms with E-state index in [1.165, 1.54) is 0 Å². The van der Waals surface area contributed by atoms with Crippen molar-refractivity contribution in [1.29, 1.82) is 0 Å². The molecule has 0 aliphatic rings. The molecule has 0 fully saturated rings. The Morgan fingerprint density at radius 1 is 1.03 bits per heavy atom. The monoisotopic (exact) mass is 403 g/mol. The minimum atomic E-state index is -0.188. The van der Waals surface area contributed by atoms with E-state index in [0.29, 0.717) is 41.0 Å². The highest BCUT2D eigenvalue weighted by Gasteiger charge is 2.14. The van der Waals surface area contributed by atoms with Gasteiger partial charge in [-0.2, -0.15) is 0 Å². The van der Waals surface area contributed by atoms with Gasteiger partial charge in [0.1, 0.15) is 24.8 Å². The van der Waals surface area contributed by atoms with Crippen molar-refractivity contribution < 1.29 is 9.84 Å². The van der Waals surface area contributed by atoms with E-state index in [1.54, 1.807) is 18.2 Å². The molecule has 0 aliphatic heterocycles. The van der Waals surface area contributed by atoms with Crippen LogP contribution in [0.4, 0.5) is 5.69 Å². The second-order valence-electron chi connectivity index (χ2n) is 6.60. The average molecular weight is 404 g/mol. The van der Waals surface area contributed by atoms with E-state index in [0.717, 1.165) is 16.6 Å². The zero-order chi connectivity index (χ0) is 20.2. The quantitative estimate of drug-likeness (QED) is 0.441. The number of fused-ring (bicyclic) bond motifs is 1. The minimum Gasteiger partial charge on any atom is -0.487 e. The number of aromatic nitrogens is 2. The SMILES string of the molecule is [C-]#[N+]c1ccc(Cn2c(CO)nc3cc(Cl)c(OCc4ccccc4)cc32)cc1. The first-order chi connectivity index (χ1) is 14.2. The number of imidazole rings is 1. The molecule has 0 spiro atoms. The number of rotatable bonds is 6. The molecule has 3 aromatic carbocycles. The molecule has 4 rings (SSSR count). The maximum Gasteiger partial charge on any atom is 0.187 e. The van der Waals surface area contributed by atoms with Crippen molar-refractivity contribution >= 4 is 28.3 Å². The summed E-state index contributed by atoms with van der Waals surface area (Å²) in [4.78, 5) is 7.92. The van der Waals surface area contributed by atoms with Crippen molar-refractivity contribution in [3.63, 3.8) is 0 Å². The van der Waals surface area contributed by atoms with Crippen molar-refractivity contribution in [2.45, 2.75) is 19.8 Å². The van der Waals surface area contributed by atoms with E-state index < -0.39 is 0 Å². The lowest BCUT2D eigenvalue weighted by Gasteiger charge is -2.11. The number of aliphatic hydroxyl groups excluding tert-OH is 1. The van der Waals surface area contributed by atoms with Crippen LogP contribution in [0, 0.1) is 6.57 Å². The Bertz CT molecular complexity index is 1180. The first-order valence-electron chi connectivity index (χ1n) is 9.10. The van der Waals surface area contributed by atoms with Crippen LogP contribution in [0.15, 0.2) is 66.7 Å². The fourth-order valence-corrected chi connectivity index (χ4v) is 3.39. The fourth-order valence-electron chi connectivity index (χ4n) is 3.18. The summed E-state index contributed by atoms with van der Waals surface area (Å²) in [6.07, 6.45) is 0. The first-order valence-corrected chi connectivity index (χ1v) is 9.48. The van der Waals surface area contributed by atoms with Gasteiger partial charge in [0.05, 0.1) is 22.6 Å². The molecule has 0 radical (unpaired) electrons. The molecule has 0 amide bonds. The van der Waals surface area contributed by atoms with E-state index in [-0.39, 0.29) is 6.61 Å². The summed E-state index contributed by atoms with van der Waals surface area (Å²) in [6.45, 7) is 7.82. The summed E-state index contributed by atoms with van der Waals surface area (Å²) >= 11 is 6.40. The summed E-state index contributed by atoms with van der Waals surface area (Å²) in [5.41, 5.74) is 4.18. The highest BCUT2D eigenvalue weighted by molar-refractivity contribution is 6.32. The number of aliphatic hydroxyl groups is 1. The van der Waals surface area contributed by atoms with Crippen LogP contribution in [-0.4, -0.2) is 14.7 Å². The largest absolute Gasteiger partial charge is 0.487 e. The molecule has 1 aromatic heterocycles. The Labute approximate surface area is 173 Å². The van der Waals surface area contributed by atoms with E-state index in [2.05, 4.69) is 9.83 Å². The Kier molecular flexibility index (Phi) is 5.48. The molecule has 4 aromatic rings. The van der Waals surface area contributed by atoms with Gasteiger partial charge >= 0.3 is 0 Å². The van der Waals surface area contributed by atoms with Crippen LogP contribution in [0.5, 0.6) is 5.75 Å². The lowest BCUT2D eigenvalue weighted by molar-refractivity contribution is 0.267. The van der Waals surface area contributed by atoms with Gasteiger partial charge in [0.2, 0.25) is 0 Å². The average Bonchev–Trinajstić information content (AvgIpc) is 3.09. The number of ether oxygens (including phenoxy) is 1. The van der Waals surface area contributed by atoms with Crippen LogP contribution in [0.3, 0.4) is 0 Å². The molecule has 0 saturated carbocycles. The summed E-state index contributed by atoms with van der Waals surface area (Å²) in [5.74, 6) is 1.11. The van der Waals surface area contributed by atoms with Crippen LogP contribution in [-0.2, 0) is 19.8 Å². The second-order valence-corrected chi connectivity index (χ2v) is 7.00. The van der Waals surface area contributed by atoms with Crippen molar-refractivity contribution in [1.82, 2.24) is 9.55 Å². The summed E-state index contributed by atoms with van der Waals surface area (Å²) in [7, 11) is 0. The third-order valence-electron chi connectivity index (χ3n) is 4.67. The number of benzene rings is 3. The summed E-state index contributed by atoms with van der Waals surface area (Å²) in [6, 6.07) is 20.9. The summed E-state index contributed by atoms with van der Waals surface area (Å²) in [5, 5.41) is 10.3. The van der Waals surface area contributed by atoms with Gasteiger partial charge in [-0.25, -0.2) is 9.83 Å². The normalized spacial score (nSPS) is 10.8. The molecular formula is C23H18ClN3O2. The summed E-state index contributed by atoms with van der Waals surface area (Å²) < 4.78 is 7.88. The third kappa shape index (κ3) is 4.09. The van der Waals surface area contributed by atoms with Gasteiger partial charge in [-0.15, -0.1) is 0 Å². The lowest BCUT2D eigenvalue weighted by Crippen LogP contribution is -2.05. The van der Waals surface area contributed by atoms with Gasteiger partial charge in [0.15, 0.2) is 5.69 Å². The number of hydrogen-bond acceptors (Lipinski definition) is 3. The van der Waals surface area contributed by atoms with Crippen LogP contribution < -0.4 is 4.74 Å². The zero-order valence-electron chi connectivity index (χ0n) is 15.5. The highest BCUT2D eigenvalue weighted by Crippen LogP contribution is 2.32. The molecule has 144 valence electrons. The second kappa shape index (κ2) is 8.36. The molecule has 0 atom stereocenters. The number of nitrogens with zero attached hydrogens (tertiary/aromatic N) is 3. The molecule has 29 heavy (non-hydrogen) atoms. The number of hydrogen-bond donors (Lipinski definition) is 1. The van der Waals surface area contributed by atoms with Gasteiger partial charge in [0, 0.05) is 12.6 Å². The van der Waals surface area contributed by atoms with Gasteiger partial charge in [-0.1, -0.05) is 66.2 Å². The molecule has 0 aliphatic carbocycles. The fraction of sp³-hybridized carbons (Fsp3) is 0.130. The molecule has 1 heterocycles. The van der Waals surface area contributed by atoms with E-state index in [9.17, 15) is 5.11 Å².